The van der Waals surface area contributed by atoms with Gasteiger partial charge in [-0.2, -0.15) is 0 Å². The molecule has 1 aromatic heterocycles. The Balaban J connectivity index is 1.60. The molecule has 17 heavy (non-hydrogen) atoms. The molecule has 0 saturated heterocycles. The fourth-order valence-electron chi connectivity index (χ4n) is 3.54. The number of hydrogen-bond acceptors (Lipinski definition) is 1. The van der Waals surface area contributed by atoms with Crippen molar-refractivity contribution in [3.63, 3.8) is 0 Å². The normalized spacial score (nSPS) is 32.9. The van der Waals surface area contributed by atoms with Crippen LogP contribution in [0.4, 0.5) is 0 Å². The minimum atomic E-state index is 0.644. The minimum Gasteiger partial charge on any atom is -0.261 e. The molecule has 0 spiro atoms. The van der Waals surface area contributed by atoms with Gasteiger partial charge in [-0.05, 0) is 49.1 Å². The third-order valence-corrected chi connectivity index (χ3v) is 5.45. The molecule has 0 bridgehead atoms. The van der Waals surface area contributed by atoms with Gasteiger partial charge in [-0.25, -0.2) is 0 Å². The quantitative estimate of drug-likeness (QED) is 0.764. The van der Waals surface area contributed by atoms with E-state index in [1.165, 1.54) is 36.9 Å². The molecule has 0 amide bonds. The lowest BCUT2D eigenvalue weighted by Gasteiger charge is -2.09. The van der Waals surface area contributed by atoms with E-state index in [2.05, 4.69) is 40.0 Å². The van der Waals surface area contributed by atoms with E-state index in [1.807, 2.05) is 6.20 Å². The third kappa shape index (κ3) is 2.42. The Morgan fingerprint density at radius 3 is 2.59 bits per heavy atom. The van der Waals surface area contributed by atoms with Gasteiger partial charge in [0.15, 0.2) is 0 Å². The molecule has 2 heteroatoms. The molecule has 0 aromatic carbocycles. The van der Waals surface area contributed by atoms with Gasteiger partial charge in [-0.1, -0.05) is 34.8 Å². The van der Waals surface area contributed by atoms with E-state index in [9.17, 15) is 0 Å². The number of alkyl halides is 1. The second kappa shape index (κ2) is 4.72. The van der Waals surface area contributed by atoms with Crippen molar-refractivity contribution >= 4 is 15.9 Å². The molecule has 0 aliphatic heterocycles. The second-order valence-electron chi connectivity index (χ2n) is 5.74. The van der Waals surface area contributed by atoms with Crippen LogP contribution >= 0.6 is 15.9 Å². The van der Waals surface area contributed by atoms with Gasteiger partial charge in [0.2, 0.25) is 0 Å². The van der Waals surface area contributed by atoms with Crippen LogP contribution in [0.25, 0.3) is 0 Å². The van der Waals surface area contributed by atoms with Crippen molar-refractivity contribution in [3.05, 3.63) is 29.6 Å². The molecule has 2 fully saturated rings. The highest BCUT2D eigenvalue weighted by molar-refractivity contribution is 9.09. The van der Waals surface area contributed by atoms with Crippen LogP contribution < -0.4 is 0 Å². The van der Waals surface area contributed by atoms with Gasteiger partial charge >= 0.3 is 0 Å². The maximum atomic E-state index is 4.52. The summed E-state index contributed by atoms with van der Waals surface area (Å²) >= 11 is 3.91. The molecule has 3 rings (SSSR count). The predicted octanol–water partition coefficient (Wildman–Crippen LogP) is 4.13. The van der Waals surface area contributed by atoms with Crippen molar-refractivity contribution in [2.45, 2.75) is 43.9 Å². The average Bonchev–Trinajstić information content (AvgIpc) is 3.06. The van der Waals surface area contributed by atoms with Crippen LogP contribution in [0.2, 0.25) is 0 Å². The number of nitrogens with zero attached hydrogens (tertiary/aromatic N) is 1. The average molecular weight is 294 g/mol. The van der Waals surface area contributed by atoms with E-state index < -0.39 is 0 Å². The van der Waals surface area contributed by atoms with Gasteiger partial charge in [0.25, 0.3) is 0 Å². The maximum Gasteiger partial charge on any atom is 0.0415 e. The SMILES string of the molecule is Cc1ccc(CC(Br)C2C3CCCCC32)nc1. The number of aromatic nitrogens is 1. The van der Waals surface area contributed by atoms with Crippen LogP contribution in [-0.4, -0.2) is 9.81 Å². The zero-order valence-electron chi connectivity index (χ0n) is 10.4. The van der Waals surface area contributed by atoms with Crippen LogP contribution in [0.5, 0.6) is 0 Å². The van der Waals surface area contributed by atoms with Crippen LogP contribution in [0.3, 0.4) is 0 Å². The van der Waals surface area contributed by atoms with E-state index in [0.29, 0.717) is 4.83 Å². The monoisotopic (exact) mass is 293 g/mol. The van der Waals surface area contributed by atoms with Crippen molar-refractivity contribution in [1.29, 1.82) is 0 Å². The zero-order chi connectivity index (χ0) is 11.8. The highest BCUT2D eigenvalue weighted by Crippen LogP contribution is 2.58. The van der Waals surface area contributed by atoms with E-state index in [-0.39, 0.29) is 0 Å². The van der Waals surface area contributed by atoms with Crippen molar-refractivity contribution in [3.8, 4) is 0 Å². The number of hydrogen-bond donors (Lipinski definition) is 0. The van der Waals surface area contributed by atoms with E-state index >= 15 is 0 Å². The lowest BCUT2D eigenvalue weighted by Crippen LogP contribution is -2.08. The predicted molar refractivity (Wildman–Crippen MR) is 74.3 cm³/mol. The van der Waals surface area contributed by atoms with Gasteiger partial charge in [0.05, 0.1) is 0 Å². The summed E-state index contributed by atoms with van der Waals surface area (Å²) in [5, 5.41) is 0. The summed E-state index contributed by atoms with van der Waals surface area (Å²) in [5.41, 5.74) is 2.49. The van der Waals surface area contributed by atoms with E-state index in [1.54, 1.807) is 0 Å². The van der Waals surface area contributed by atoms with Gasteiger partial charge in [0, 0.05) is 23.1 Å². The Kier molecular flexibility index (Phi) is 3.25. The molecule has 2 saturated carbocycles. The van der Waals surface area contributed by atoms with Crippen LogP contribution in [0, 0.1) is 24.7 Å². The minimum absolute atomic E-state index is 0.644. The molecule has 1 heterocycles. The summed E-state index contributed by atoms with van der Waals surface area (Å²) in [7, 11) is 0. The summed E-state index contributed by atoms with van der Waals surface area (Å²) in [4.78, 5) is 5.16. The molecule has 1 nitrogen and oxygen atoms in total. The second-order valence-corrected chi connectivity index (χ2v) is 6.91. The molecule has 3 unspecified atom stereocenters. The van der Waals surface area contributed by atoms with E-state index in [0.717, 1.165) is 24.2 Å². The molecule has 3 atom stereocenters. The number of halogens is 1. The topological polar surface area (TPSA) is 12.9 Å². The molecule has 2 aliphatic carbocycles. The zero-order valence-corrected chi connectivity index (χ0v) is 12.0. The summed E-state index contributed by atoms with van der Waals surface area (Å²) in [6, 6.07) is 4.34. The largest absolute Gasteiger partial charge is 0.261 e. The van der Waals surface area contributed by atoms with Crippen LogP contribution in [0.15, 0.2) is 18.3 Å². The van der Waals surface area contributed by atoms with E-state index in [4.69, 9.17) is 0 Å². The Labute approximate surface area is 112 Å². The first-order chi connectivity index (χ1) is 8.25. The molecule has 0 radical (unpaired) electrons. The number of fused-ring (bicyclic) bond motifs is 1. The Morgan fingerprint density at radius 1 is 1.29 bits per heavy atom. The van der Waals surface area contributed by atoms with Crippen LogP contribution in [0.1, 0.15) is 36.9 Å². The Bertz CT molecular complexity index is 374. The molecular formula is C15H20BrN. The van der Waals surface area contributed by atoms with Gasteiger partial charge < -0.3 is 0 Å². The van der Waals surface area contributed by atoms with Gasteiger partial charge in [0.1, 0.15) is 0 Å². The Hall–Kier alpha value is -0.370. The lowest BCUT2D eigenvalue weighted by molar-refractivity contribution is 0.480. The molecule has 2 aliphatic rings. The lowest BCUT2D eigenvalue weighted by atomic mass is 10.0. The van der Waals surface area contributed by atoms with Gasteiger partial charge in [-0.15, -0.1) is 0 Å². The van der Waals surface area contributed by atoms with Crippen molar-refractivity contribution < 1.29 is 0 Å². The van der Waals surface area contributed by atoms with Crippen molar-refractivity contribution in [2.24, 2.45) is 17.8 Å². The van der Waals surface area contributed by atoms with Crippen molar-refractivity contribution in [1.82, 2.24) is 4.98 Å². The third-order valence-electron chi connectivity index (χ3n) is 4.52. The molecular weight excluding hydrogens is 274 g/mol. The Morgan fingerprint density at radius 2 is 2.00 bits per heavy atom. The number of rotatable bonds is 3. The summed E-state index contributed by atoms with van der Waals surface area (Å²) in [5.74, 6) is 2.98. The highest BCUT2D eigenvalue weighted by Gasteiger charge is 2.53. The first-order valence-electron chi connectivity index (χ1n) is 6.81. The fraction of sp³-hybridized carbons (Fsp3) is 0.667. The maximum absolute atomic E-state index is 4.52. The van der Waals surface area contributed by atoms with Gasteiger partial charge in [-0.3, -0.25) is 4.98 Å². The highest BCUT2D eigenvalue weighted by atomic mass is 79.9. The van der Waals surface area contributed by atoms with Crippen molar-refractivity contribution in [2.75, 3.05) is 0 Å². The summed E-state index contributed by atoms with van der Waals surface area (Å²) < 4.78 is 0. The first kappa shape index (κ1) is 11.7. The van der Waals surface area contributed by atoms with Crippen LogP contribution in [-0.2, 0) is 6.42 Å². The first-order valence-corrected chi connectivity index (χ1v) is 7.73. The standard InChI is InChI=1S/C15H20BrN/c1-10-6-7-11(17-9-10)8-14(16)15-12-4-2-3-5-13(12)15/h6-7,9,12-15H,2-5,8H2,1H3. The summed E-state index contributed by atoms with van der Waals surface area (Å²) in [6.45, 7) is 2.10. The fourth-order valence-corrected chi connectivity index (χ4v) is 4.66. The molecule has 0 N–H and O–H groups in total. The number of pyridine rings is 1. The summed E-state index contributed by atoms with van der Waals surface area (Å²) in [6.07, 6.45) is 8.94. The smallest absolute Gasteiger partial charge is 0.0415 e. The molecule has 92 valence electrons. The molecule has 1 aromatic rings. The number of aryl methyl sites for hydroxylation is 1.